The summed E-state index contributed by atoms with van der Waals surface area (Å²) in [4.78, 5) is 11.5. The summed E-state index contributed by atoms with van der Waals surface area (Å²) in [5.41, 5.74) is 2.65. The Kier molecular flexibility index (Phi) is 3.69. The van der Waals surface area contributed by atoms with Crippen molar-refractivity contribution in [3.8, 4) is 0 Å². The Morgan fingerprint density at radius 3 is 2.26 bits per heavy atom. The van der Waals surface area contributed by atoms with Crippen LogP contribution in [0.2, 0.25) is 0 Å². The molecule has 0 aliphatic carbocycles. The maximum atomic E-state index is 12.6. The third-order valence-corrected chi connectivity index (χ3v) is 1.97. The highest BCUT2D eigenvalue weighted by Crippen LogP contribution is 2.36. The van der Waals surface area contributed by atoms with Gasteiger partial charge >= 0.3 is 12.3 Å². The van der Waals surface area contributed by atoms with E-state index in [2.05, 4.69) is 10.4 Å². The fourth-order valence-corrected chi connectivity index (χ4v) is 1.30. The number of alkyl halides is 3. The molecule has 0 atom stereocenters. The predicted molar refractivity (Wildman–Crippen MR) is 62.5 cm³/mol. The molecule has 19 heavy (non-hydrogen) atoms. The van der Waals surface area contributed by atoms with Crippen molar-refractivity contribution in [1.29, 1.82) is 0 Å². The van der Waals surface area contributed by atoms with Crippen LogP contribution >= 0.6 is 0 Å². The molecule has 9 heteroatoms. The van der Waals surface area contributed by atoms with E-state index in [1.54, 1.807) is 20.8 Å². The number of amides is 1. The molecule has 0 spiro atoms. The van der Waals surface area contributed by atoms with E-state index in [9.17, 15) is 18.0 Å². The molecule has 0 aliphatic rings. The number of anilines is 2. The summed E-state index contributed by atoms with van der Waals surface area (Å²) in [6.07, 6.45) is -5.59. The second-order valence-electron chi connectivity index (χ2n) is 4.86. The maximum absolute atomic E-state index is 12.6. The average molecular weight is 280 g/mol. The summed E-state index contributed by atoms with van der Waals surface area (Å²) in [5.74, 6) is -0.262. The summed E-state index contributed by atoms with van der Waals surface area (Å²) in [6.45, 7) is 4.88. The summed E-state index contributed by atoms with van der Waals surface area (Å²) >= 11 is 0. The lowest BCUT2D eigenvalue weighted by Gasteiger charge is -2.19. The molecule has 0 bridgehead atoms. The Bertz CT molecular complexity index is 488. The lowest BCUT2D eigenvalue weighted by atomic mass is 10.2. The number of nitrogens with two attached hydrogens (primary N) is 1. The first-order valence-electron chi connectivity index (χ1n) is 5.31. The fourth-order valence-electron chi connectivity index (χ4n) is 1.30. The second kappa shape index (κ2) is 4.63. The van der Waals surface area contributed by atoms with E-state index in [0.717, 1.165) is 4.68 Å². The molecule has 0 saturated carbocycles. The molecule has 0 fully saturated rings. The van der Waals surface area contributed by atoms with Gasteiger partial charge in [0.05, 0.1) is 0 Å². The van der Waals surface area contributed by atoms with E-state index in [-0.39, 0.29) is 5.82 Å². The van der Waals surface area contributed by atoms with Gasteiger partial charge in [0.2, 0.25) is 0 Å². The molecule has 0 saturated heterocycles. The van der Waals surface area contributed by atoms with Crippen LogP contribution in [-0.2, 0) is 18.0 Å². The van der Waals surface area contributed by atoms with Crippen molar-refractivity contribution in [2.75, 3.05) is 11.1 Å². The number of aryl methyl sites for hydroxylation is 1. The molecular formula is C10H15F3N4O2. The van der Waals surface area contributed by atoms with Crippen LogP contribution < -0.4 is 11.1 Å². The molecule has 0 aliphatic heterocycles. The highest BCUT2D eigenvalue weighted by atomic mass is 19.4. The third-order valence-electron chi connectivity index (χ3n) is 1.97. The lowest BCUT2D eigenvalue weighted by molar-refractivity contribution is -0.140. The zero-order valence-electron chi connectivity index (χ0n) is 10.9. The smallest absolute Gasteiger partial charge is 0.437 e. The highest BCUT2D eigenvalue weighted by molar-refractivity contribution is 5.88. The number of ether oxygens (including phenoxy) is 1. The van der Waals surface area contributed by atoms with Gasteiger partial charge < -0.3 is 10.5 Å². The fraction of sp³-hybridized carbons (Fsp3) is 0.600. The molecule has 1 aromatic rings. The molecule has 1 rings (SSSR count). The molecule has 0 unspecified atom stereocenters. The van der Waals surface area contributed by atoms with Crippen LogP contribution in [0, 0.1) is 0 Å². The van der Waals surface area contributed by atoms with Crippen molar-refractivity contribution < 1.29 is 22.7 Å². The topological polar surface area (TPSA) is 82.2 Å². The average Bonchev–Trinajstić information content (AvgIpc) is 2.41. The first kappa shape index (κ1) is 15.1. The van der Waals surface area contributed by atoms with Gasteiger partial charge in [0, 0.05) is 7.05 Å². The highest BCUT2D eigenvalue weighted by Gasteiger charge is 2.38. The predicted octanol–water partition coefficient (Wildman–Crippen LogP) is 2.37. The van der Waals surface area contributed by atoms with E-state index >= 15 is 0 Å². The van der Waals surface area contributed by atoms with Crippen LogP contribution in [0.3, 0.4) is 0 Å². The zero-order chi connectivity index (χ0) is 15.0. The monoisotopic (exact) mass is 280 g/mol. The SMILES string of the molecule is Cn1nc(C(F)(F)F)c(N)c1NC(=O)OC(C)(C)C. The van der Waals surface area contributed by atoms with E-state index in [0.29, 0.717) is 0 Å². The number of carbonyl (C=O) groups excluding carboxylic acids is 1. The number of hydrogen-bond donors (Lipinski definition) is 2. The van der Waals surface area contributed by atoms with Crippen LogP contribution in [0.25, 0.3) is 0 Å². The third kappa shape index (κ3) is 3.76. The molecule has 6 nitrogen and oxygen atoms in total. The van der Waals surface area contributed by atoms with Crippen molar-refractivity contribution in [1.82, 2.24) is 9.78 Å². The van der Waals surface area contributed by atoms with Gasteiger partial charge in [0.15, 0.2) is 11.5 Å². The minimum atomic E-state index is -4.68. The molecule has 1 aromatic heterocycles. The standard InChI is InChI=1S/C10H15F3N4O2/c1-9(2,3)19-8(18)15-7-5(14)6(10(11,12)13)16-17(7)4/h14H2,1-4H3,(H,15,18). The van der Waals surface area contributed by atoms with Gasteiger partial charge in [-0.25, -0.2) is 9.48 Å². The molecule has 0 radical (unpaired) electrons. The molecular weight excluding hydrogens is 265 g/mol. The van der Waals surface area contributed by atoms with Crippen molar-refractivity contribution in [3.05, 3.63) is 5.69 Å². The Morgan fingerprint density at radius 1 is 1.37 bits per heavy atom. The van der Waals surface area contributed by atoms with Gasteiger partial charge in [-0.05, 0) is 20.8 Å². The van der Waals surface area contributed by atoms with Gasteiger partial charge in [0.1, 0.15) is 11.3 Å². The molecule has 108 valence electrons. The number of nitrogens with zero attached hydrogens (tertiary/aromatic N) is 2. The first-order chi connectivity index (χ1) is 8.42. The summed E-state index contributed by atoms with van der Waals surface area (Å²) in [7, 11) is 1.23. The Morgan fingerprint density at radius 2 is 1.89 bits per heavy atom. The van der Waals surface area contributed by atoms with Gasteiger partial charge in [-0.2, -0.15) is 18.3 Å². The van der Waals surface area contributed by atoms with Gasteiger partial charge in [-0.3, -0.25) is 5.32 Å². The molecule has 1 heterocycles. The number of halogens is 3. The van der Waals surface area contributed by atoms with E-state index < -0.39 is 29.3 Å². The Hall–Kier alpha value is -1.93. The van der Waals surface area contributed by atoms with Crippen molar-refractivity contribution in [2.24, 2.45) is 7.05 Å². The van der Waals surface area contributed by atoms with Crippen molar-refractivity contribution in [2.45, 2.75) is 32.5 Å². The molecule has 1 amide bonds. The van der Waals surface area contributed by atoms with E-state index in [1.165, 1.54) is 7.05 Å². The van der Waals surface area contributed by atoms with E-state index in [4.69, 9.17) is 10.5 Å². The number of aromatic nitrogens is 2. The minimum Gasteiger partial charge on any atom is -0.444 e. The van der Waals surface area contributed by atoms with Crippen LogP contribution in [0.4, 0.5) is 29.5 Å². The Balaban J connectivity index is 2.98. The largest absolute Gasteiger partial charge is 0.444 e. The number of rotatable bonds is 1. The molecule has 3 N–H and O–H groups in total. The first-order valence-corrected chi connectivity index (χ1v) is 5.31. The molecule has 0 aromatic carbocycles. The minimum absolute atomic E-state index is 0.262. The van der Waals surface area contributed by atoms with Crippen LogP contribution in [0.5, 0.6) is 0 Å². The quantitative estimate of drug-likeness (QED) is 0.827. The summed E-state index contributed by atoms with van der Waals surface area (Å²) < 4.78 is 43.4. The van der Waals surface area contributed by atoms with Crippen LogP contribution in [0.15, 0.2) is 0 Å². The van der Waals surface area contributed by atoms with E-state index in [1.807, 2.05) is 0 Å². The summed E-state index contributed by atoms with van der Waals surface area (Å²) in [6, 6.07) is 0. The maximum Gasteiger partial charge on any atom is 0.437 e. The van der Waals surface area contributed by atoms with Crippen molar-refractivity contribution >= 4 is 17.6 Å². The zero-order valence-corrected chi connectivity index (χ0v) is 10.9. The number of nitrogens with one attached hydrogen (secondary N) is 1. The van der Waals surface area contributed by atoms with Gasteiger partial charge in [-0.15, -0.1) is 0 Å². The van der Waals surface area contributed by atoms with Crippen LogP contribution in [0.1, 0.15) is 26.5 Å². The van der Waals surface area contributed by atoms with Gasteiger partial charge in [-0.1, -0.05) is 0 Å². The van der Waals surface area contributed by atoms with Crippen LogP contribution in [-0.4, -0.2) is 21.5 Å². The summed E-state index contributed by atoms with van der Waals surface area (Å²) in [5, 5.41) is 5.37. The van der Waals surface area contributed by atoms with Gasteiger partial charge in [0.25, 0.3) is 0 Å². The number of hydrogen-bond acceptors (Lipinski definition) is 4. The lowest BCUT2D eigenvalue weighted by Crippen LogP contribution is -2.28. The normalized spacial score (nSPS) is 12.4. The Labute approximate surface area is 107 Å². The second-order valence-corrected chi connectivity index (χ2v) is 4.86. The number of carbonyl (C=O) groups is 1. The van der Waals surface area contributed by atoms with Crippen molar-refractivity contribution in [3.63, 3.8) is 0 Å². The number of nitrogen functional groups attached to an aromatic ring is 1.